The highest BCUT2D eigenvalue weighted by Gasteiger charge is 2.06. The van der Waals surface area contributed by atoms with E-state index in [1.54, 1.807) is 12.1 Å². The summed E-state index contributed by atoms with van der Waals surface area (Å²) in [7, 11) is 0. The molecule has 0 saturated heterocycles. The van der Waals surface area contributed by atoms with Crippen LogP contribution in [0.1, 0.15) is 15.9 Å². The van der Waals surface area contributed by atoms with Crippen molar-refractivity contribution in [2.24, 2.45) is 0 Å². The number of aromatic carboxylic acids is 1. The quantitative estimate of drug-likeness (QED) is 0.922. The second kappa shape index (κ2) is 5.23. The SMILES string of the molecule is Cc1ccc(Oc2cccc(C(=O)O)c2)c(Br)c1. The molecule has 0 amide bonds. The van der Waals surface area contributed by atoms with Crippen LogP contribution >= 0.6 is 15.9 Å². The van der Waals surface area contributed by atoms with Gasteiger partial charge >= 0.3 is 5.97 Å². The number of ether oxygens (including phenoxy) is 1. The topological polar surface area (TPSA) is 46.5 Å². The van der Waals surface area contributed by atoms with Crippen molar-refractivity contribution in [1.29, 1.82) is 0 Å². The van der Waals surface area contributed by atoms with Crippen molar-refractivity contribution in [3.63, 3.8) is 0 Å². The smallest absolute Gasteiger partial charge is 0.335 e. The van der Waals surface area contributed by atoms with Gasteiger partial charge in [0, 0.05) is 0 Å². The van der Waals surface area contributed by atoms with E-state index in [0.717, 1.165) is 10.0 Å². The monoisotopic (exact) mass is 306 g/mol. The molecule has 0 spiro atoms. The fourth-order valence-corrected chi connectivity index (χ4v) is 2.08. The lowest BCUT2D eigenvalue weighted by Crippen LogP contribution is -1.96. The molecule has 0 aliphatic rings. The molecule has 0 heterocycles. The Morgan fingerprint density at radius 2 is 2.00 bits per heavy atom. The van der Waals surface area contributed by atoms with E-state index in [4.69, 9.17) is 9.84 Å². The Labute approximate surface area is 113 Å². The number of carbonyl (C=O) groups is 1. The van der Waals surface area contributed by atoms with Crippen LogP contribution in [0, 0.1) is 6.92 Å². The number of carboxylic acid groups (broad SMARTS) is 1. The molecule has 0 aromatic heterocycles. The summed E-state index contributed by atoms with van der Waals surface area (Å²) in [5, 5.41) is 8.90. The standard InChI is InChI=1S/C14H11BrO3/c1-9-5-6-13(12(15)7-9)18-11-4-2-3-10(8-11)14(16)17/h2-8H,1H3,(H,16,17). The number of aryl methyl sites for hydroxylation is 1. The van der Waals surface area contributed by atoms with Gasteiger partial charge in [-0.1, -0.05) is 12.1 Å². The number of halogens is 1. The van der Waals surface area contributed by atoms with Crippen LogP contribution in [-0.4, -0.2) is 11.1 Å². The van der Waals surface area contributed by atoms with E-state index >= 15 is 0 Å². The molecule has 0 saturated carbocycles. The molecule has 18 heavy (non-hydrogen) atoms. The summed E-state index contributed by atoms with van der Waals surface area (Å²) < 4.78 is 6.48. The lowest BCUT2D eigenvalue weighted by atomic mass is 10.2. The molecule has 0 atom stereocenters. The van der Waals surface area contributed by atoms with Gasteiger partial charge in [0.15, 0.2) is 0 Å². The Morgan fingerprint density at radius 3 is 2.67 bits per heavy atom. The first-order valence-corrected chi connectivity index (χ1v) is 6.13. The first kappa shape index (κ1) is 12.6. The van der Waals surface area contributed by atoms with Crippen LogP contribution < -0.4 is 4.74 Å². The van der Waals surface area contributed by atoms with Gasteiger partial charge in [-0.3, -0.25) is 0 Å². The van der Waals surface area contributed by atoms with Crippen LogP contribution in [0.3, 0.4) is 0 Å². The van der Waals surface area contributed by atoms with Gasteiger partial charge in [0.25, 0.3) is 0 Å². The van der Waals surface area contributed by atoms with Gasteiger partial charge in [-0.25, -0.2) is 4.79 Å². The third kappa shape index (κ3) is 2.90. The van der Waals surface area contributed by atoms with Crippen molar-refractivity contribution in [3.8, 4) is 11.5 Å². The first-order chi connectivity index (χ1) is 8.56. The van der Waals surface area contributed by atoms with E-state index in [-0.39, 0.29) is 5.56 Å². The highest BCUT2D eigenvalue weighted by atomic mass is 79.9. The zero-order valence-corrected chi connectivity index (χ0v) is 11.3. The van der Waals surface area contributed by atoms with Crippen LogP contribution in [0.25, 0.3) is 0 Å². The first-order valence-electron chi connectivity index (χ1n) is 5.33. The fourth-order valence-electron chi connectivity index (χ4n) is 1.51. The number of hydrogen-bond acceptors (Lipinski definition) is 2. The average molecular weight is 307 g/mol. The molecule has 3 nitrogen and oxygen atoms in total. The minimum Gasteiger partial charge on any atom is -0.478 e. The van der Waals surface area contributed by atoms with Crippen molar-refractivity contribution in [2.75, 3.05) is 0 Å². The van der Waals surface area contributed by atoms with E-state index in [1.807, 2.05) is 25.1 Å². The molecular weight excluding hydrogens is 296 g/mol. The summed E-state index contributed by atoms with van der Waals surface area (Å²) in [5.74, 6) is 0.186. The molecule has 0 unspecified atom stereocenters. The normalized spacial score (nSPS) is 10.1. The molecule has 2 rings (SSSR count). The van der Waals surface area contributed by atoms with E-state index in [1.165, 1.54) is 12.1 Å². The Balaban J connectivity index is 2.28. The third-order valence-corrected chi connectivity index (χ3v) is 3.02. The van der Waals surface area contributed by atoms with Gasteiger partial charge in [0.1, 0.15) is 11.5 Å². The zero-order valence-electron chi connectivity index (χ0n) is 9.68. The maximum atomic E-state index is 10.9. The van der Waals surface area contributed by atoms with Crippen molar-refractivity contribution in [3.05, 3.63) is 58.1 Å². The zero-order chi connectivity index (χ0) is 13.1. The predicted octanol–water partition coefficient (Wildman–Crippen LogP) is 4.25. The van der Waals surface area contributed by atoms with E-state index in [2.05, 4.69) is 15.9 Å². The lowest BCUT2D eigenvalue weighted by Gasteiger charge is -2.08. The van der Waals surface area contributed by atoms with Crippen molar-refractivity contribution in [1.82, 2.24) is 0 Å². The third-order valence-electron chi connectivity index (χ3n) is 2.40. The molecule has 0 aliphatic heterocycles. The molecule has 0 bridgehead atoms. The number of rotatable bonds is 3. The van der Waals surface area contributed by atoms with Gasteiger partial charge in [-0.15, -0.1) is 0 Å². The number of benzene rings is 2. The van der Waals surface area contributed by atoms with Crippen molar-refractivity contribution >= 4 is 21.9 Å². The van der Waals surface area contributed by atoms with Gasteiger partial charge in [-0.05, 0) is 58.7 Å². The van der Waals surface area contributed by atoms with Gasteiger partial charge in [0.2, 0.25) is 0 Å². The molecule has 0 radical (unpaired) electrons. The summed E-state index contributed by atoms with van der Waals surface area (Å²) >= 11 is 3.41. The molecule has 2 aromatic rings. The molecular formula is C14H11BrO3. The van der Waals surface area contributed by atoms with Crippen LogP contribution in [0.5, 0.6) is 11.5 Å². The molecule has 0 aliphatic carbocycles. The van der Waals surface area contributed by atoms with Crippen LogP contribution in [0.2, 0.25) is 0 Å². The van der Waals surface area contributed by atoms with Crippen molar-refractivity contribution in [2.45, 2.75) is 6.92 Å². The maximum Gasteiger partial charge on any atom is 0.335 e. The van der Waals surface area contributed by atoms with Crippen LogP contribution in [-0.2, 0) is 0 Å². The fraction of sp³-hybridized carbons (Fsp3) is 0.0714. The van der Waals surface area contributed by atoms with Gasteiger partial charge < -0.3 is 9.84 Å². The summed E-state index contributed by atoms with van der Waals surface area (Å²) in [6.45, 7) is 1.99. The lowest BCUT2D eigenvalue weighted by molar-refractivity contribution is 0.0696. The number of hydrogen-bond donors (Lipinski definition) is 1. The minimum absolute atomic E-state index is 0.204. The maximum absolute atomic E-state index is 10.9. The van der Waals surface area contributed by atoms with Crippen LogP contribution in [0.4, 0.5) is 0 Å². The molecule has 4 heteroatoms. The van der Waals surface area contributed by atoms with E-state index in [9.17, 15) is 4.79 Å². The largest absolute Gasteiger partial charge is 0.478 e. The predicted molar refractivity (Wildman–Crippen MR) is 72.4 cm³/mol. The Hall–Kier alpha value is -1.81. The second-order valence-electron chi connectivity index (χ2n) is 3.87. The number of carboxylic acids is 1. The Kier molecular flexibility index (Phi) is 3.67. The molecule has 0 fully saturated rings. The van der Waals surface area contributed by atoms with E-state index in [0.29, 0.717) is 11.5 Å². The van der Waals surface area contributed by atoms with Gasteiger partial charge in [0.05, 0.1) is 10.0 Å². The van der Waals surface area contributed by atoms with Gasteiger partial charge in [-0.2, -0.15) is 0 Å². The summed E-state index contributed by atoms with van der Waals surface area (Å²) in [4.78, 5) is 10.9. The molecule has 92 valence electrons. The Morgan fingerprint density at radius 1 is 1.22 bits per heavy atom. The second-order valence-corrected chi connectivity index (χ2v) is 4.72. The summed E-state index contributed by atoms with van der Waals surface area (Å²) in [6.07, 6.45) is 0. The summed E-state index contributed by atoms with van der Waals surface area (Å²) in [5.41, 5.74) is 1.32. The summed E-state index contributed by atoms with van der Waals surface area (Å²) in [6, 6.07) is 12.1. The molecule has 1 N–H and O–H groups in total. The van der Waals surface area contributed by atoms with E-state index < -0.39 is 5.97 Å². The molecule has 2 aromatic carbocycles. The minimum atomic E-state index is -0.969. The Bertz CT molecular complexity index is 593. The highest BCUT2D eigenvalue weighted by Crippen LogP contribution is 2.30. The van der Waals surface area contributed by atoms with Crippen molar-refractivity contribution < 1.29 is 14.6 Å². The highest BCUT2D eigenvalue weighted by molar-refractivity contribution is 9.10. The average Bonchev–Trinajstić information content (AvgIpc) is 2.33. The van der Waals surface area contributed by atoms with Crippen LogP contribution in [0.15, 0.2) is 46.9 Å².